The number of ketones is 1. The molecule has 0 bridgehead atoms. The molecule has 21 heavy (non-hydrogen) atoms. The minimum atomic E-state index is -0.603. The summed E-state index contributed by atoms with van der Waals surface area (Å²) in [7, 11) is 1.69. The lowest BCUT2D eigenvalue weighted by Crippen LogP contribution is -2.44. The van der Waals surface area contributed by atoms with Crippen LogP contribution in [0.15, 0.2) is 24.3 Å². The normalized spacial score (nSPS) is 26.0. The molecule has 1 aromatic carbocycles. The predicted octanol–water partition coefficient (Wildman–Crippen LogP) is 4.66. The topological polar surface area (TPSA) is 26.3 Å². The highest BCUT2D eigenvalue weighted by molar-refractivity contribution is 6.02. The zero-order chi connectivity index (χ0) is 15.5. The number of Topliss-reactive ketones (excluding diaryl/α,β-unsaturated/α-hetero) is 1. The average molecular weight is 288 g/mol. The lowest BCUT2D eigenvalue weighted by atomic mass is 9.74. The van der Waals surface area contributed by atoms with E-state index in [0.29, 0.717) is 11.8 Å². The first-order valence-electron chi connectivity index (χ1n) is 8.16. The Morgan fingerprint density at radius 3 is 2.81 bits per heavy atom. The van der Waals surface area contributed by atoms with Crippen molar-refractivity contribution in [1.29, 1.82) is 0 Å². The molecule has 2 heteroatoms. The molecule has 0 heterocycles. The summed E-state index contributed by atoms with van der Waals surface area (Å²) in [5.41, 5.74) is 1.45. The summed E-state index contributed by atoms with van der Waals surface area (Å²) in [5, 5.41) is 0. The van der Waals surface area contributed by atoms with Gasteiger partial charge in [-0.3, -0.25) is 4.79 Å². The number of carbonyl (C=O) groups is 1. The highest BCUT2D eigenvalue weighted by Gasteiger charge is 2.42. The Kier molecular flexibility index (Phi) is 5.21. The monoisotopic (exact) mass is 288 g/mol. The van der Waals surface area contributed by atoms with Gasteiger partial charge in [-0.15, -0.1) is 0 Å². The van der Waals surface area contributed by atoms with Crippen molar-refractivity contribution in [1.82, 2.24) is 0 Å². The lowest BCUT2D eigenvalue weighted by molar-refractivity contribution is -0.0302. The third kappa shape index (κ3) is 3.74. The molecule has 1 aliphatic rings. The van der Waals surface area contributed by atoms with Crippen molar-refractivity contribution in [3.05, 3.63) is 35.4 Å². The highest BCUT2D eigenvalue weighted by atomic mass is 16.5. The molecule has 2 rings (SSSR count). The van der Waals surface area contributed by atoms with Gasteiger partial charge in [-0.1, -0.05) is 45.4 Å². The van der Waals surface area contributed by atoms with Gasteiger partial charge in [-0.25, -0.2) is 0 Å². The maximum Gasteiger partial charge on any atom is 0.194 e. The van der Waals surface area contributed by atoms with Gasteiger partial charge < -0.3 is 4.74 Å². The van der Waals surface area contributed by atoms with E-state index in [0.717, 1.165) is 31.2 Å². The first-order valence-corrected chi connectivity index (χ1v) is 8.16. The molecule has 116 valence electrons. The largest absolute Gasteiger partial charge is 0.370 e. The molecule has 0 amide bonds. The van der Waals surface area contributed by atoms with E-state index in [2.05, 4.69) is 32.9 Å². The van der Waals surface area contributed by atoms with E-state index in [1.807, 2.05) is 12.1 Å². The van der Waals surface area contributed by atoms with Crippen molar-refractivity contribution in [2.45, 2.75) is 58.5 Å². The molecule has 1 aromatic rings. The number of methoxy groups -OCH3 is 1. The minimum absolute atomic E-state index is 0.169. The summed E-state index contributed by atoms with van der Waals surface area (Å²) in [6.07, 6.45) is 4.98. The van der Waals surface area contributed by atoms with E-state index in [4.69, 9.17) is 4.74 Å². The number of hydrogen-bond acceptors (Lipinski definition) is 2. The van der Waals surface area contributed by atoms with Gasteiger partial charge in [0.2, 0.25) is 0 Å². The standard InChI is InChI=1S/C19H28O2/c1-14(2)11-16-8-5-9-17(12-16)18(20)19(21-4)10-6-7-15(3)13-19/h5,8-9,12,14-15H,6-7,10-11,13H2,1-4H3. The number of hydrogen-bond donors (Lipinski definition) is 0. The van der Waals surface area contributed by atoms with Gasteiger partial charge in [0.05, 0.1) is 0 Å². The Morgan fingerprint density at radius 1 is 1.43 bits per heavy atom. The van der Waals surface area contributed by atoms with Crippen molar-refractivity contribution in [2.24, 2.45) is 11.8 Å². The molecule has 0 aromatic heterocycles. The summed E-state index contributed by atoms with van der Waals surface area (Å²) in [4.78, 5) is 13.0. The minimum Gasteiger partial charge on any atom is -0.370 e. The third-order valence-electron chi connectivity index (χ3n) is 4.59. The SMILES string of the molecule is COC1(C(=O)c2cccc(CC(C)C)c2)CCCC(C)C1. The summed E-state index contributed by atoms with van der Waals surface area (Å²) in [5.74, 6) is 1.32. The van der Waals surface area contributed by atoms with Crippen LogP contribution in [0, 0.1) is 11.8 Å². The zero-order valence-corrected chi connectivity index (χ0v) is 13.8. The molecule has 0 spiro atoms. The van der Waals surface area contributed by atoms with Crippen LogP contribution >= 0.6 is 0 Å². The molecular formula is C19H28O2. The maximum absolute atomic E-state index is 13.0. The number of rotatable bonds is 5. The van der Waals surface area contributed by atoms with Crippen LogP contribution in [0.1, 0.15) is 62.4 Å². The first-order chi connectivity index (χ1) is 9.97. The second-order valence-corrected chi connectivity index (χ2v) is 7.03. The second-order valence-electron chi connectivity index (χ2n) is 7.03. The molecule has 2 nitrogen and oxygen atoms in total. The summed E-state index contributed by atoms with van der Waals surface area (Å²) >= 11 is 0. The van der Waals surface area contributed by atoms with Gasteiger partial charge in [-0.2, -0.15) is 0 Å². The van der Waals surface area contributed by atoms with Crippen LogP contribution in [-0.2, 0) is 11.2 Å². The second kappa shape index (κ2) is 6.74. The predicted molar refractivity (Wildman–Crippen MR) is 86.7 cm³/mol. The maximum atomic E-state index is 13.0. The first kappa shape index (κ1) is 16.2. The lowest BCUT2D eigenvalue weighted by Gasteiger charge is -2.37. The quantitative estimate of drug-likeness (QED) is 0.736. The van der Waals surface area contributed by atoms with E-state index in [1.165, 1.54) is 12.0 Å². The fourth-order valence-electron chi connectivity index (χ4n) is 3.56. The van der Waals surface area contributed by atoms with Gasteiger partial charge in [0, 0.05) is 12.7 Å². The van der Waals surface area contributed by atoms with E-state index in [-0.39, 0.29) is 5.78 Å². The molecule has 2 unspecified atom stereocenters. The van der Waals surface area contributed by atoms with Crippen molar-refractivity contribution < 1.29 is 9.53 Å². The van der Waals surface area contributed by atoms with Gasteiger partial charge in [0.1, 0.15) is 5.60 Å². The Morgan fingerprint density at radius 2 is 2.19 bits per heavy atom. The smallest absolute Gasteiger partial charge is 0.194 e. The Hall–Kier alpha value is -1.15. The number of benzene rings is 1. The van der Waals surface area contributed by atoms with E-state index >= 15 is 0 Å². The molecular weight excluding hydrogens is 260 g/mol. The molecule has 1 saturated carbocycles. The van der Waals surface area contributed by atoms with Crippen molar-refractivity contribution in [3.8, 4) is 0 Å². The van der Waals surface area contributed by atoms with Crippen LogP contribution in [0.5, 0.6) is 0 Å². The Balaban J connectivity index is 2.25. The van der Waals surface area contributed by atoms with E-state index in [9.17, 15) is 4.79 Å². The fraction of sp³-hybridized carbons (Fsp3) is 0.632. The highest BCUT2D eigenvalue weighted by Crippen LogP contribution is 2.37. The van der Waals surface area contributed by atoms with Gasteiger partial charge >= 0.3 is 0 Å². The van der Waals surface area contributed by atoms with Crippen molar-refractivity contribution in [2.75, 3.05) is 7.11 Å². The fourth-order valence-corrected chi connectivity index (χ4v) is 3.56. The molecule has 0 radical (unpaired) electrons. The molecule has 0 saturated heterocycles. The molecule has 0 aliphatic heterocycles. The van der Waals surface area contributed by atoms with Crippen LogP contribution in [-0.4, -0.2) is 18.5 Å². The number of ether oxygens (including phenoxy) is 1. The Bertz CT molecular complexity index is 492. The van der Waals surface area contributed by atoms with Crippen molar-refractivity contribution in [3.63, 3.8) is 0 Å². The molecule has 1 aliphatic carbocycles. The van der Waals surface area contributed by atoms with E-state index < -0.39 is 5.60 Å². The van der Waals surface area contributed by atoms with Crippen LogP contribution in [0.4, 0.5) is 0 Å². The van der Waals surface area contributed by atoms with Crippen LogP contribution in [0.3, 0.4) is 0 Å². The van der Waals surface area contributed by atoms with Crippen LogP contribution in [0.25, 0.3) is 0 Å². The summed E-state index contributed by atoms with van der Waals surface area (Å²) < 4.78 is 5.74. The average Bonchev–Trinajstić information content (AvgIpc) is 2.46. The van der Waals surface area contributed by atoms with Crippen LogP contribution < -0.4 is 0 Å². The number of carbonyl (C=O) groups excluding carboxylic acids is 1. The Labute approximate surface area is 128 Å². The van der Waals surface area contributed by atoms with Crippen molar-refractivity contribution >= 4 is 5.78 Å². The summed E-state index contributed by atoms with van der Waals surface area (Å²) in [6.45, 7) is 6.62. The molecule has 2 atom stereocenters. The third-order valence-corrected chi connectivity index (χ3v) is 4.59. The van der Waals surface area contributed by atoms with Crippen LogP contribution in [0.2, 0.25) is 0 Å². The molecule has 1 fully saturated rings. The molecule has 0 N–H and O–H groups in total. The zero-order valence-electron chi connectivity index (χ0n) is 13.8. The van der Waals surface area contributed by atoms with E-state index in [1.54, 1.807) is 7.11 Å². The van der Waals surface area contributed by atoms with Gasteiger partial charge in [-0.05, 0) is 49.1 Å². The van der Waals surface area contributed by atoms with Gasteiger partial charge in [0.15, 0.2) is 5.78 Å². The summed E-state index contributed by atoms with van der Waals surface area (Å²) in [6, 6.07) is 8.11. The van der Waals surface area contributed by atoms with Gasteiger partial charge in [0.25, 0.3) is 0 Å².